The summed E-state index contributed by atoms with van der Waals surface area (Å²) in [5.41, 5.74) is 0. The number of carbonyl (C=O) groups is 1. The van der Waals surface area contributed by atoms with Gasteiger partial charge in [0.2, 0.25) is 0 Å². The molecule has 0 amide bonds. The van der Waals surface area contributed by atoms with Gasteiger partial charge in [-0.2, -0.15) is 0 Å². The molecule has 2 aliphatic rings. The van der Waals surface area contributed by atoms with E-state index < -0.39 is 6.16 Å². The van der Waals surface area contributed by atoms with Crippen LogP contribution >= 0.6 is 0 Å². The largest absolute Gasteiger partial charge is 0.508 e. The Morgan fingerprint density at radius 2 is 2.06 bits per heavy atom. The van der Waals surface area contributed by atoms with Crippen LogP contribution in [-0.2, 0) is 9.47 Å². The highest BCUT2D eigenvalue weighted by atomic mass is 16.8. The van der Waals surface area contributed by atoms with Crippen LogP contribution in [0.25, 0.3) is 0 Å². The van der Waals surface area contributed by atoms with E-state index in [9.17, 15) is 4.79 Å². The fourth-order valence-electron chi connectivity index (χ4n) is 3.26. The fraction of sp³-hybridized carbons (Fsp3) is 0.923. The van der Waals surface area contributed by atoms with E-state index in [4.69, 9.17) is 9.47 Å². The quantitative estimate of drug-likeness (QED) is 0.678. The minimum absolute atomic E-state index is 0.00245. The average molecular weight is 226 g/mol. The maximum Gasteiger partial charge on any atom is 0.508 e. The van der Waals surface area contributed by atoms with E-state index in [-0.39, 0.29) is 6.10 Å². The van der Waals surface area contributed by atoms with Crippen LogP contribution in [0.1, 0.15) is 40.0 Å². The van der Waals surface area contributed by atoms with Crippen molar-refractivity contribution >= 4 is 6.16 Å². The summed E-state index contributed by atoms with van der Waals surface area (Å²) < 4.78 is 10.2. The zero-order chi connectivity index (χ0) is 11.7. The van der Waals surface area contributed by atoms with E-state index in [1.165, 1.54) is 19.3 Å². The van der Waals surface area contributed by atoms with Crippen molar-refractivity contribution in [1.29, 1.82) is 0 Å². The zero-order valence-corrected chi connectivity index (χ0v) is 10.4. The van der Waals surface area contributed by atoms with Crippen molar-refractivity contribution in [2.45, 2.75) is 46.1 Å². The molecule has 1 saturated carbocycles. The third-order valence-corrected chi connectivity index (χ3v) is 4.16. The third-order valence-electron chi connectivity index (χ3n) is 4.16. The first kappa shape index (κ1) is 11.7. The van der Waals surface area contributed by atoms with Crippen molar-refractivity contribution in [3.8, 4) is 0 Å². The molecule has 2 rings (SSSR count). The van der Waals surface area contributed by atoms with Crippen molar-refractivity contribution in [1.82, 2.24) is 0 Å². The molecule has 0 aromatic rings. The average Bonchev–Trinajstić information content (AvgIpc) is 2.64. The zero-order valence-electron chi connectivity index (χ0n) is 10.4. The SMILES string of the molecule is CC1CCC(C(C)C)C(C2COC(=O)O2)C1. The van der Waals surface area contributed by atoms with Gasteiger partial charge in [0.25, 0.3) is 0 Å². The normalized spacial score (nSPS) is 39.6. The van der Waals surface area contributed by atoms with Crippen molar-refractivity contribution in [2.75, 3.05) is 6.61 Å². The van der Waals surface area contributed by atoms with Gasteiger partial charge >= 0.3 is 6.16 Å². The second-order valence-electron chi connectivity index (χ2n) is 5.71. The molecule has 1 aliphatic carbocycles. The van der Waals surface area contributed by atoms with Crippen molar-refractivity contribution in [3.63, 3.8) is 0 Å². The Kier molecular flexibility index (Phi) is 3.41. The van der Waals surface area contributed by atoms with Crippen LogP contribution < -0.4 is 0 Å². The molecule has 3 heteroatoms. The monoisotopic (exact) mass is 226 g/mol. The van der Waals surface area contributed by atoms with E-state index >= 15 is 0 Å². The molecular formula is C13H22O3. The highest BCUT2D eigenvalue weighted by Crippen LogP contribution is 2.41. The highest BCUT2D eigenvalue weighted by molar-refractivity contribution is 5.61. The molecule has 1 saturated heterocycles. The van der Waals surface area contributed by atoms with Gasteiger partial charge in [0, 0.05) is 5.92 Å². The minimum Gasteiger partial charge on any atom is -0.430 e. The van der Waals surface area contributed by atoms with Crippen molar-refractivity contribution in [3.05, 3.63) is 0 Å². The maximum absolute atomic E-state index is 11.0. The predicted octanol–water partition coefficient (Wildman–Crippen LogP) is 3.23. The molecule has 16 heavy (non-hydrogen) atoms. The van der Waals surface area contributed by atoms with E-state index in [2.05, 4.69) is 20.8 Å². The molecule has 4 atom stereocenters. The van der Waals surface area contributed by atoms with Crippen LogP contribution in [0.2, 0.25) is 0 Å². The van der Waals surface area contributed by atoms with Crippen LogP contribution in [0.3, 0.4) is 0 Å². The number of hydrogen-bond donors (Lipinski definition) is 0. The maximum atomic E-state index is 11.0. The van der Waals surface area contributed by atoms with Gasteiger partial charge in [0.1, 0.15) is 12.7 Å². The Morgan fingerprint density at radius 3 is 2.62 bits per heavy atom. The molecule has 0 aromatic carbocycles. The van der Waals surface area contributed by atoms with Crippen LogP contribution in [0, 0.1) is 23.7 Å². The van der Waals surface area contributed by atoms with Gasteiger partial charge in [-0.25, -0.2) is 4.79 Å². The Balaban J connectivity index is 2.05. The lowest BCUT2D eigenvalue weighted by molar-refractivity contribution is 0.0284. The van der Waals surface area contributed by atoms with Gasteiger partial charge in [0.15, 0.2) is 0 Å². The smallest absolute Gasteiger partial charge is 0.430 e. The van der Waals surface area contributed by atoms with Crippen LogP contribution in [0.15, 0.2) is 0 Å². The Morgan fingerprint density at radius 1 is 1.31 bits per heavy atom. The van der Waals surface area contributed by atoms with Gasteiger partial charge in [0.05, 0.1) is 0 Å². The second kappa shape index (κ2) is 4.64. The van der Waals surface area contributed by atoms with Crippen molar-refractivity contribution < 1.29 is 14.3 Å². The van der Waals surface area contributed by atoms with Crippen molar-refractivity contribution in [2.24, 2.45) is 23.7 Å². The lowest BCUT2D eigenvalue weighted by Gasteiger charge is -2.39. The third kappa shape index (κ3) is 2.33. The van der Waals surface area contributed by atoms with Gasteiger partial charge in [-0.1, -0.05) is 27.2 Å². The molecule has 92 valence electrons. The predicted molar refractivity (Wildman–Crippen MR) is 61.1 cm³/mol. The van der Waals surface area contributed by atoms with Crippen LogP contribution in [0.4, 0.5) is 4.79 Å². The topological polar surface area (TPSA) is 35.5 Å². The summed E-state index contributed by atoms with van der Waals surface area (Å²) in [5.74, 6) is 2.59. The van der Waals surface area contributed by atoms with E-state index in [1.807, 2.05) is 0 Å². The summed E-state index contributed by atoms with van der Waals surface area (Å²) in [7, 11) is 0. The molecule has 0 spiro atoms. The number of rotatable bonds is 2. The molecule has 0 bridgehead atoms. The molecule has 1 heterocycles. The molecule has 4 unspecified atom stereocenters. The Bertz CT molecular complexity index is 262. The summed E-state index contributed by atoms with van der Waals surface area (Å²) in [6.07, 6.45) is 3.26. The number of hydrogen-bond acceptors (Lipinski definition) is 3. The lowest BCUT2D eigenvalue weighted by atomic mass is 9.68. The standard InChI is InChI=1S/C13H22O3/c1-8(2)10-5-4-9(3)6-11(10)12-7-15-13(14)16-12/h8-12H,4-7H2,1-3H3. The van der Waals surface area contributed by atoms with Crippen LogP contribution in [0.5, 0.6) is 0 Å². The first-order valence-corrected chi connectivity index (χ1v) is 6.41. The Hall–Kier alpha value is -0.730. The minimum atomic E-state index is -0.481. The Labute approximate surface area is 97.5 Å². The molecule has 0 N–H and O–H groups in total. The molecule has 0 aromatic heterocycles. The number of ether oxygens (including phenoxy) is 2. The summed E-state index contributed by atoms with van der Waals surface area (Å²) in [5, 5.41) is 0. The van der Waals surface area contributed by atoms with E-state index in [1.54, 1.807) is 0 Å². The fourth-order valence-corrected chi connectivity index (χ4v) is 3.26. The summed E-state index contributed by atoms with van der Waals surface area (Å²) in [4.78, 5) is 11.0. The molecular weight excluding hydrogens is 204 g/mol. The van der Waals surface area contributed by atoms with Gasteiger partial charge in [-0.15, -0.1) is 0 Å². The number of cyclic esters (lactones) is 2. The lowest BCUT2D eigenvalue weighted by Crippen LogP contribution is -2.37. The van der Waals surface area contributed by atoms with Gasteiger partial charge in [-0.3, -0.25) is 0 Å². The molecule has 1 aliphatic heterocycles. The number of carbonyl (C=O) groups excluding carboxylic acids is 1. The second-order valence-corrected chi connectivity index (χ2v) is 5.71. The first-order valence-electron chi connectivity index (χ1n) is 6.41. The highest BCUT2D eigenvalue weighted by Gasteiger charge is 2.41. The molecule has 2 fully saturated rings. The van der Waals surface area contributed by atoms with Crippen LogP contribution in [-0.4, -0.2) is 18.9 Å². The summed E-state index contributed by atoms with van der Waals surface area (Å²) in [6, 6.07) is 0. The molecule has 0 radical (unpaired) electrons. The van der Waals surface area contributed by atoms with E-state index in [0.717, 1.165) is 5.92 Å². The van der Waals surface area contributed by atoms with E-state index in [0.29, 0.717) is 24.4 Å². The summed E-state index contributed by atoms with van der Waals surface area (Å²) >= 11 is 0. The summed E-state index contributed by atoms with van der Waals surface area (Å²) in [6.45, 7) is 7.29. The van der Waals surface area contributed by atoms with Gasteiger partial charge < -0.3 is 9.47 Å². The van der Waals surface area contributed by atoms with Gasteiger partial charge in [-0.05, 0) is 30.6 Å². The molecule has 3 nitrogen and oxygen atoms in total. The first-order chi connectivity index (χ1) is 7.58.